The lowest BCUT2D eigenvalue weighted by atomic mass is 10.1. The molecule has 25 heavy (non-hydrogen) atoms. The van der Waals surface area contributed by atoms with Crippen LogP contribution in [0.25, 0.3) is 0 Å². The molecule has 0 saturated carbocycles. The second kappa shape index (κ2) is 7.38. The molecule has 3 heterocycles. The van der Waals surface area contributed by atoms with Crippen molar-refractivity contribution in [1.29, 1.82) is 0 Å². The van der Waals surface area contributed by atoms with Gasteiger partial charge in [-0.3, -0.25) is 24.5 Å². The molecule has 2 aromatic rings. The normalized spacial score (nSPS) is 16.7. The first kappa shape index (κ1) is 17.0. The van der Waals surface area contributed by atoms with Gasteiger partial charge in [0.2, 0.25) is 5.91 Å². The molecule has 1 aliphatic heterocycles. The first-order valence-electron chi connectivity index (χ1n) is 8.34. The van der Waals surface area contributed by atoms with Crippen LogP contribution in [0.2, 0.25) is 0 Å². The molecule has 2 aromatic heterocycles. The molecule has 0 aliphatic carbocycles. The van der Waals surface area contributed by atoms with Gasteiger partial charge in [-0.2, -0.15) is 0 Å². The minimum atomic E-state index is -0.115. The van der Waals surface area contributed by atoms with Crippen molar-refractivity contribution in [2.75, 3.05) is 6.54 Å². The van der Waals surface area contributed by atoms with Gasteiger partial charge in [-0.05, 0) is 31.4 Å². The molecule has 1 N–H and O–H groups in total. The Morgan fingerprint density at radius 2 is 2.20 bits per heavy atom. The third-order valence-corrected chi connectivity index (χ3v) is 4.29. The van der Waals surface area contributed by atoms with Gasteiger partial charge in [-0.1, -0.05) is 6.07 Å². The summed E-state index contributed by atoms with van der Waals surface area (Å²) >= 11 is 0. The van der Waals surface area contributed by atoms with Gasteiger partial charge in [0.1, 0.15) is 5.69 Å². The van der Waals surface area contributed by atoms with E-state index in [1.165, 1.54) is 6.92 Å². The summed E-state index contributed by atoms with van der Waals surface area (Å²) in [4.78, 5) is 38.9. The van der Waals surface area contributed by atoms with Gasteiger partial charge >= 0.3 is 0 Å². The summed E-state index contributed by atoms with van der Waals surface area (Å²) < 4.78 is 0. The van der Waals surface area contributed by atoms with E-state index in [4.69, 9.17) is 0 Å². The van der Waals surface area contributed by atoms with Crippen molar-refractivity contribution >= 4 is 11.8 Å². The fourth-order valence-corrected chi connectivity index (χ4v) is 3.05. The van der Waals surface area contributed by atoms with Crippen molar-refractivity contribution in [2.45, 2.75) is 39.3 Å². The van der Waals surface area contributed by atoms with Crippen LogP contribution < -0.4 is 5.32 Å². The highest BCUT2D eigenvalue weighted by atomic mass is 16.2. The molecule has 1 saturated heterocycles. The van der Waals surface area contributed by atoms with Gasteiger partial charge in [-0.15, -0.1) is 0 Å². The van der Waals surface area contributed by atoms with E-state index >= 15 is 0 Å². The standard InChI is InChI=1S/C18H21N5O2/c1-12-5-3-7-20-17(12)18(25)23-8-4-6-16(23)15-11-19-9-14(22-15)10-21-13(2)24/h3,5,7,9,11,16H,4,6,8,10H2,1-2H3,(H,21,24). The molecule has 130 valence electrons. The molecule has 1 fully saturated rings. The Labute approximate surface area is 146 Å². The monoisotopic (exact) mass is 339 g/mol. The Morgan fingerprint density at radius 3 is 2.96 bits per heavy atom. The van der Waals surface area contributed by atoms with Crippen LogP contribution in [-0.4, -0.2) is 38.2 Å². The van der Waals surface area contributed by atoms with E-state index < -0.39 is 0 Å². The number of nitrogens with zero attached hydrogens (tertiary/aromatic N) is 4. The summed E-state index contributed by atoms with van der Waals surface area (Å²) in [6.07, 6.45) is 6.72. The average molecular weight is 339 g/mol. The third kappa shape index (κ3) is 3.81. The van der Waals surface area contributed by atoms with E-state index in [0.717, 1.165) is 24.1 Å². The largest absolute Gasteiger partial charge is 0.351 e. The summed E-state index contributed by atoms with van der Waals surface area (Å²) in [5.74, 6) is -0.190. The van der Waals surface area contributed by atoms with Crippen LogP contribution in [0.1, 0.15) is 53.2 Å². The zero-order valence-electron chi connectivity index (χ0n) is 14.4. The van der Waals surface area contributed by atoms with Crippen LogP contribution in [0.15, 0.2) is 30.7 Å². The van der Waals surface area contributed by atoms with E-state index in [0.29, 0.717) is 24.5 Å². The zero-order valence-corrected chi connectivity index (χ0v) is 14.4. The van der Waals surface area contributed by atoms with E-state index in [-0.39, 0.29) is 17.9 Å². The first-order valence-corrected chi connectivity index (χ1v) is 8.34. The predicted molar refractivity (Wildman–Crippen MR) is 91.5 cm³/mol. The van der Waals surface area contributed by atoms with Crippen molar-refractivity contribution in [3.8, 4) is 0 Å². The minimum absolute atomic E-state index is 0.0744. The van der Waals surface area contributed by atoms with Crippen LogP contribution >= 0.6 is 0 Å². The Kier molecular flexibility index (Phi) is 5.02. The average Bonchev–Trinajstić information content (AvgIpc) is 3.10. The van der Waals surface area contributed by atoms with Crippen LogP contribution in [-0.2, 0) is 11.3 Å². The number of pyridine rings is 1. The molecule has 0 spiro atoms. The van der Waals surface area contributed by atoms with Gasteiger partial charge < -0.3 is 10.2 Å². The number of rotatable bonds is 4. The van der Waals surface area contributed by atoms with Crippen LogP contribution in [0.3, 0.4) is 0 Å². The fraction of sp³-hybridized carbons (Fsp3) is 0.389. The van der Waals surface area contributed by atoms with Gasteiger partial charge in [0, 0.05) is 19.7 Å². The van der Waals surface area contributed by atoms with Crippen molar-refractivity contribution < 1.29 is 9.59 Å². The molecule has 1 unspecified atom stereocenters. The van der Waals surface area contributed by atoms with E-state index in [1.54, 1.807) is 18.6 Å². The topological polar surface area (TPSA) is 88.1 Å². The van der Waals surface area contributed by atoms with Crippen molar-refractivity contribution in [3.63, 3.8) is 0 Å². The van der Waals surface area contributed by atoms with E-state index in [2.05, 4.69) is 20.3 Å². The zero-order chi connectivity index (χ0) is 17.8. The number of amides is 2. The highest BCUT2D eigenvalue weighted by molar-refractivity contribution is 5.94. The molecule has 2 amide bonds. The Morgan fingerprint density at radius 1 is 1.36 bits per heavy atom. The van der Waals surface area contributed by atoms with Crippen LogP contribution in [0.5, 0.6) is 0 Å². The van der Waals surface area contributed by atoms with Gasteiger partial charge in [0.05, 0.1) is 36.4 Å². The highest BCUT2D eigenvalue weighted by Gasteiger charge is 2.33. The maximum atomic E-state index is 12.9. The number of carbonyl (C=O) groups is 2. The predicted octanol–water partition coefficient (Wildman–Crippen LogP) is 1.79. The number of hydrogen-bond donors (Lipinski definition) is 1. The summed E-state index contributed by atoms with van der Waals surface area (Å²) in [5.41, 5.74) is 2.78. The lowest BCUT2D eigenvalue weighted by molar-refractivity contribution is -0.119. The van der Waals surface area contributed by atoms with Gasteiger partial charge in [0.25, 0.3) is 5.91 Å². The lowest BCUT2D eigenvalue weighted by Gasteiger charge is -2.24. The van der Waals surface area contributed by atoms with Gasteiger partial charge in [-0.25, -0.2) is 0 Å². The van der Waals surface area contributed by atoms with Crippen molar-refractivity contribution in [3.05, 3.63) is 53.4 Å². The summed E-state index contributed by atoms with van der Waals surface area (Å²) in [5, 5.41) is 2.71. The highest BCUT2D eigenvalue weighted by Crippen LogP contribution is 2.32. The first-order chi connectivity index (χ1) is 12.1. The Balaban J connectivity index is 1.82. The SMILES string of the molecule is CC(=O)NCc1cncc(C2CCCN2C(=O)c2ncccc2C)n1. The minimum Gasteiger partial charge on any atom is -0.351 e. The van der Waals surface area contributed by atoms with E-state index in [9.17, 15) is 9.59 Å². The number of hydrogen-bond acceptors (Lipinski definition) is 5. The Hall–Kier alpha value is -2.83. The molecule has 1 atom stereocenters. The van der Waals surface area contributed by atoms with Crippen molar-refractivity contribution in [1.82, 2.24) is 25.2 Å². The quantitative estimate of drug-likeness (QED) is 0.917. The second-order valence-electron chi connectivity index (χ2n) is 6.17. The molecule has 3 rings (SSSR count). The summed E-state index contributed by atoms with van der Waals surface area (Å²) in [7, 11) is 0. The molecule has 7 heteroatoms. The van der Waals surface area contributed by atoms with Crippen molar-refractivity contribution in [2.24, 2.45) is 0 Å². The molecule has 0 bridgehead atoms. The lowest BCUT2D eigenvalue weighted by Crippen LogP contribution is -2.32. The molecule has 0 aromatic carbocycles. The molecule has 0 radical (unpaired) electrons. The number of aryl methyl sites for hydroxylation is 1. The fourth-order valence-electron chi connectivity index (χ4n) is 3.05. The van der Waals surface area contributed by atoms with Gasteiger partial charge in [0.15, 0.2) is 0 Å². The maximum absolute atomic E-state index is 12.9. The molecule has 7 nitrogen and oxygen atoms in total. The number of aromatic nitrogens is 3. The number of carbonyl (C=O) groups excluding carboxylic acids is 2. The summed E-state index contributed by atoms with van der Waals surface area (Å²) in [6, 6.07) is 3.60. The third-order valence-electron chi connectivity index (χ3n) is 4.29. The molecular weight excluding hydrogens is 318 g/mol. The molecular formula is C18H21N5O2. The van der Waals surface area contributed by atoms with E-state index in [1.807, 2.05) is 24.0 Å². The summed E-state index contributed by atoms with van der Waals surface area (Å²) in [6.45, 7) is 4.36. The van der Waals surface area contributed by atoms with Crippen LogP contribution in [0.4, 0.5) is 0 Å². The Bertz CT molecular complexity index is 793. The number of nitrogens with one attached hydrogen (secondary N) is 1. The number of likely N-dealkylation sites (tertiary alicyclic amines) is 1. The second-order valence-corrected chi connectivity index (χ2v) is 6.17. The smallest absolute Gasteiger partial charge is 0.273 e. The van der Waals surface area contributed by atoms with Crippen LogP contribution in [0, 0.1) is 6.92 Å². The molecule has 1 aliphatic rings. The maximum Gasteiger partial charge on any atom is 0.273 e.